The molecule has 3 N–H and O–H groups in total. The zero-order valence-corrected chi connectivity index (χ0v) is 14.7. The van der Waals surface area contributed by atoms with Crippen molar-refractivity contribution in [2.24, 2.45) is 0 Å². The quantitative estimate of drug-likeness (QED) is 0.599. The first kappa shape index (κ1) is 17.5. The SMILES string of the molecule is COC1CN(C(c2ccc(C)cc2)C(C=O)Nc2ccccc2N)C1. The van der Waals surface area contributed by atoms with Gasteiger partial charge in [0.2, 0.25) is 0 Å². The minimum atomic E-state index is -0.398. The Labute approximate surface area is 148 Å². The molecule has 0 bridgehead atoms. The molecule has 0 aliphatic carbocycles. The van der Waals surface area contributed by atoms with Gasteiger partial charge in [-0.25, -0.2) is 0 Å². The van der Waals surface area contributed by atoms with Crippen molar-refractivity contribution >= 4 is 17.7 Å². The van der Waals surface area contributed by atoms with Gasteiger partial charge < -0.3 is 20.6 Å². The molecule has 1 fully saturated rings. The lowest BCUT2D eigenvalue weighted by Gasteiger charge is -2.45. The summed E-state index contributed by atoms with van der Waals surface area (Å²) < 4.78 is 5.40. The fourth-order valence-electron chi connectivity index (χ4n) is 3.25. The van der Waals surface area contributed by atoms with Crippen molar-refractivity contribution < 1.29 is 9.53 Å². The Kier molecular flexibility index (Phi) is 5.36. The van der Waals surface area contributed by atoms with Gasteiger partial charge in [0, 0.05) is 20.2 Å². The second-order valence-corrected chi connectivity index (χ2v) is 6.56. The van der Waals surface area contributed by atoms with E-state index in [9.17, 15) is 4.79 Å². The zero-order chi connectivity index (χ0) is 17.8. The van der Waals surface area contributed by atoms with Crippen LogP contribution in [0, 0.1) is 6.92 Å². The number of benzene rings is 2. The number of hydrogen-bond donors (Lipinski definition) is 2. The van der Waals surface area contributed by atoms with E-state index in [4.69, 9.17) is 10.5 Å². The number of nitrogens with one attached hydrogen (secondary N) is 1. The van der Waals surface area contributed by atoms with Crippen LogP contribution in [0.1, 0.15) is 17.2 Å². The summed E-state index contributed by atoms with van der Waals surface area (Å²) in [6, 6.07) is 15.4. The summed E-state index contributed by atoms with van der Waals surface area (Å²) in [5, 5.41) is 3.32. The molecule has 1 heterocycles. The van der Waals surface area contributed by atoms with Gasteiger partial charge in [-0.05, 0) is 24.6 Å². The number of para-hydroxylation sites is 2. The number of hydrogen-bond acceptors (Lipinski definition) is 5. The number of methoxy groups -OCH3 is 1. The lowest BCUT2D eigenvalue weighted by Crippen LogP contribution is -2.56. The van der Waals surface area contributed by atoms with E-state index in [-0.39, 0.29) is 12.1 Å². The molecule has 2 aromatic carbocycles. The van der Waals surface area contributed by atoms with Crippen molar-refractivity contribution in [3.05, 3.63) is 59.7 Å². The van der Waals surface area contributed by atoms with Gasteiger partial charge in [-0.3, -0.25) is 4.90 Å². The molecule has 132 valence electrons. The molecule has 25 heavy (non-hydrogen) atoms. The highest BCUT2D eigenvalue weighted by molar-refractivity contribution is 5.73. The van der Waals surface area contributed by atoms with Crippen LogP contribution in [0.15, 0.2) is 48.5 Å². The van der Waals surface area contributed by atoms with Crippen molar-refractivity contribution in [2.45, 2.75) is 25.1 Å². The summed E-state index contributed by atoms with van der Waals surface area (Å²) >= 11 is 0. The summed E-state index contributed by atoms with van der Waals surface area (Å²) in [5.41, 5.74) is 9.76. The Morgan fingerprint density at radius 3 is 2.48 bits per heavy atom. The number of aryl methyl sites for hydroxylation is 1. The molecule has 1 aliphatic heterocycles. The Morgan fingerprint density at radius 2 is 1.88 bits per heavy atom. The lowest BCUT2D eigenvalue weighted by molar-refractivity contribution is -0.112. The largest absolute Gasteiger partial charge is 0.397 e. The molecule has 1 aliphatic rings. The predicted molar refractivity (Wildman–Crippen MR) is 101 cm³/mol. The van der Waals surface area contributed by atoms with Crippen LogP contribution in [0.5, 0.6) is 0 Å². The van der Waals surface area contributed by atoms with Crippen LogP contribution in [0.25, 0.3) is 0 Å². The van der Waals surface area contributed by atoms with E-state index < -0.39 is 6.04 Å². The third-order valence-electron chi connectivity index (χ3n) is 4.79. The first-order valence-corrected chi connectivity index (χ1v) is 8.52. The van der Waals surface area contributed by atoms with E-state index in [0.29, 0.717) is 5.69 Å². The third kappa shape index (κ3) is 3.83. The molecule has 5 nitrogen and oxygen atoms in total. The van der Waals surface area contributed by atoms with Crippen LogP contribution in [0.3, 0.4) is 0 Å². The Hall–Kier alpha value is -2.37. The van der Waals surface area contributed by atoms with E-state index in [0.717, 1.165) is 30.6 Å². The highest BCUT2D eigenvalue weighted by Gasteiger charge is 2.37. The average Bonchev–Trinajstić information content (AvgIpc) is 2.58. The first-order valence-electron chi connectivity index (χ1n) is 8.52. The molecule has 0 spiro atoms. The summed E-state index contributed by atoms with van der Waals surface area (Å²) in [4.78, 5) is 14.2. The Morgan fingerprint density at radius 1 is 1.20 bits per heavy atom. The number of nitrogens with two attached hydrogens (primary N) is 1. The molecule has 5 heteroatoms. The van der Waals surface area contributed by atoms with Crippen LogP contribution >= 0.6 is 0 Å². The second kappa shape index (κ2) is 7.68. The van der Waals surface area contributed by atoms with Gasteiger partial charge in [0.15, 0.2) is 0 Å². The fourth-order valence-corrected chi connectivity index (χ4v) is 3.25. The number of nitrogen functional groups attached to an aromatic ring is 1. The molecular weight excluding hydrogens is 314 g/mol. The molecule has 2 atom stereocenters. The normalized spacial score (nSPS) is 17.5. The van der Waals surface area contributed by atoms with Gasteiger partial charge in [-0.2, -0.15) is 0 Å². The van der Waals surface area contributed by atoms with E-state index in [1.807, 2.05) is 24.3 Å². The van der Waals surface area contributed by atoms with E-state index >= 15 is 0 Å². The molecule has 3 rings (SSSR count). The minimum absolute atomic E-state index is 0.0656. The van der Waals surface area contributed by atoms with Crippen molar-refractivity contribution in [2.75, 3.05) is 31.2 Å². The minimum Gasteiger partial charge on any atom is -0.397 e. The molecule has 0 radical (unpaired) electrons. The molecular formula is C20H25N3O2. The highest BCUT2D eigenvalue weighted by Crippen LogP contribution is 2.32. The maximum Gasteiger partial charge on any atom is 0.144 e. The standard InChI is InChI=1S/C20H25N3O2/c1-14-7-9-15(10-8-14)20(23-11-16(12-23)25-2)19(13-24)22-18-6-4-3-5-17(18)21/h3-10,13,16,19-20,22H,11-12,21H2,1-2H3. The highest BCUT2D eigenvalue weighted by atomic mass is 16.5. The lowest BCUT2D eigenvalue weighted by atomic mass is 9.93. The zero-order valence-electron chi connectivity index (χ0n) is 14.7. The van der Waals surface area contributed by atoms with Gasteiger partial charge in [-0.1, -0.05) is 42.0 Å². The molecule has 1 saturated heterocycles. The van der Waals surface area contributed by atoms with Crippen LogP contribution in [0.2, 0.25) is 0 Å². The first-order chi connectivity index (χ1) is 12.1. The molecule has 0 amide bonds. The van der Waals surface area contributed by atoms with Crippen LogP contribution in [-0.2, 0) is 9.53 Å². The summed E-state index contributed by atoms with van der Waals surface area (Å²) in [6.07, 6.45) is 1.19. The maximum atomic E-state index is 11.9. The maximum absolute atomic E-state index is 11.9. The fraction of sp³-hybridized carbons (Fsp3) is 0.350. The van der Waals surface area contributed by atoms with Gasteiger partial charge in [0.25, 0.3) is 0 Å². The number of likely N-dealkylation sites (tertiary alicyclic amines) is 1. The summed E-state index contributed by atoms with van der Waals surface area (Å²) in [6.45, 7) is 3.68. The number of ether oxygens (including phenoxy) is 1. The Balaban J connectivity index is 1.87. The van der Waals surface area contributed by atoms with E-state index in [2.05, 4.69) is 41.4 Å². The number of anilines is 2. The number of rotatable bonds is 7. The van der Waals surface area contributed by atoms with Crippen LogP contribution in [-0.4, -0.2) is 43.5 Å². The Bertz CT molecular complexity index is 711. The molecule has 0 aromatic heterocycles. The smallest absolute Gasteiger partial charge is 0.144 e. The van der Waals surface area contributed by atoms with Crippen LogP contribution < -0.4 is 11.1 Å². The average molecular weight is 339 g/mol. The number of carbonyl (C=O) groups excluding carboxylic acids is 1. The number of aldehydes is 1. The van der Waals surface area contributed by atoms with Crippen molar-refractivity contribution in [1.29, 1.82) is 0 Å². The topological polar surface area (TPSA) is 67.6 Å². The summed E-state index contributed by atoms with van der Waals surface area (Å²) in [7, 11) is 1.73. The molecule has 2 unspecified atom stereocenters. The van der Waals surface area contributed by atoms with Crippen molar-refractivity contribution in [3.8, 4) is 0 Å². The second-order valence-electron chi connectivity index (χ2n) is 6.56. The van der Waals surface area contributed by atoms with Gasteiger partial charge in [0.1, 0.15) is 12.3 Å². The third-order valence-corrected chi connectivity index (χ3v) is 4.79. The van der Waals surface area contributed by atoms with Gasteiger partial charge in [-0.15, -0.1) is 0 Å². The molecule has 0 saturated carbocycles. The molecule has 2 aromatic rings. The number of carbonyl (C=O) groups is 1. The predicted octanol–water partition coefficient (Wildman–Crippen LogP) is 2.63. The van der Waals surface area contributed by atoms with Crippen molar-refractivity contribution in [3.63, 3.8) is 0 Å². The van der Waals surface area contributed by atoms with E-state index in [1.54, 1.807) is 7.11 Å². The van der Waals surface area contributed by atoms with Gasteiger partial charge in [0.05, 0.1) is 23.5 Å². The van der Waals surface area contributed by atoms with Crippen LogP contribution in [0.4, 0.5) is 11.4 Å². The van der Waals surface area contributed by atoms with Crippen molar-refractivity contribution in [1.82, 2.24) is 4.90 Å². The van der Waals surface area contributed by atoms with E-state index in [1.165, 1.54) is 5.56 Å². The monoisotopic (exact) mass is 339 g/mol. The summed E-state index contributed by atoms with van der Waals surface area (Å²) in [5.74, 6) is 0. The van der Waals surface area contributed by atoms with Gasteiger partial charge >= 0.3 is 0 Å². The number of nitrogens with zero attached hydrogens (tertiary/aromatic N) is 1.